The molecule has 0 aliphatic heterocycles. The van der Waals surface area contributed by atoms with Crippen LogP contribution < -0.4 is 0 Å². The highest BCUT2D eigenvalue weighted by molar-refractivity contribution is 5.57. The van der Waals surface area contributed by atoms with Crippen molar-refractivity contribution >= 4 is 0 Å². The topological polar surface area (TPSA) is 0 Å². The van der Waals surface area contributed by atoms with Crippen molar-refractivity contribution < 1.29 is 8.78 Å². The number of halogens is 2. The van der Waals surface area contributed by atoms with Gasteiger partial charge >= 0.3 is 0 Å². The van der Waals surface area contributed by atoms with Crippen LogP contribution in [0, 0.1) is 114 Å². The normalized spacial score (nSPS) is 9.81. The molecule has 0 saturated carbocycles. The lowest BCUT2D eigenvalue weighted by Gasteiger charge is -2.04. The monoisotopic (exact) mass is 704 g/mol. The number of benzene rings is 6. The minimum absolute atomic E-state index is 0.281. The third kappa shape index (κ3) is 10.7. The zero-order valence-corrected chi connectivity index (χ0v) is 32.1. The predicted molar refractivity (Wildman–Crippen MR) is 220 cm³/mol. The lowest BCUT2D eigenvalue weighted by molar-refractivity contribution is 0.623. The van der Waals surface area contributed by atoms with Crippen LogP contribution in [-0.4, -0.2) is 0 Å². The van der Waals surface area contributed by atoms with Gasteiger partial charge in [0.2, 0.25) is 0 Å². The molecule has 54 heavy (non-hydrogen) atoms. The summed E-state index contributed by atoms with van der Waals surface area (Å²) in [7, 11) is 0. The van der Waals surface area contributed by atoms with Gasteiger partial charge < -0.3 is 0 Å². The molecule has 0 amide bonds. The molecule has 0 radical (unpaired) electrons. The predicted octanol–water partition coefficient (Wildman–Crippen LogP) is 11.7. The SMILES string of the molecule is Cc1ccc(C#Cc2c(C)cc(C#Cc3ccc(C)cc3F)cc2C)cc1.Cc1ccc(C#Cc2c(C)cc(C#Cc3ccc(C)cc3F)cc2C)cc1. The van der Waals surface area contributed by atoms with Gasteiger partial charge in [-0.1, -0.05) is 94.9 Å². The van der Waals surface area contributed by atoms with Crippen LogP contribution >= 0.6 is 0 Å². The Hall–Kier alpha value is -6.58. The standard InChI is InChI=1S/2C26H21F/c2*1-18-5-8-22(9-6-18)11-14-25-20(3)16-23(17-21(25)4)10-13-24-12-7-19(2)15-26(24)27/h2*5-9,12,15-17H,1-4H3. The quantitative estimate of drug-likeness (QED) is 0.138. The van der Waals surface area contributed by atoms with E-state index in [4.69, 9.17) is 0 Å². The second-order valence-electron chi connectivity index (χ2n) is 13.7. The number of rotatable bonds is 0. The lowest BCUT2D eigenvalue weighted by atomic mass is 9.99. The molecule has 2 heteroatoms. The minimum Gasteiger partial charge on any atom is -0.206 e. The van der Waals surface area contributed by atoms with E-state index in [9.17, 15) is 8.78 Å². The summed E-state index contributed by atoms with van der Waals surface area (Å²) in [5.41, 5.74) is 15.1. The zero-order chi connectivity index (χ0) is 38.8. The van der Waals surface area contributed by atoms with Crippen molar-refractivity contribution in [2.75, 3.05) is 0 Å². The molecule has 0 aliphatic carbocycles. The minimum atomic E-state index is -0.281. The van der Waals surface area contributed by atoms with Gasteiger partial charge in [0.05, 0.1) is 11.1 Å². The van der Waals surface area contributed by atoms with Crippen molar-refractivity contribution in [1.82, 2.24) is 0 Å². The molecule has 0 bridgehead atoms. The van der Waals surface area contributed by atoms with Crippen molar-refractivity contribution in [3.05, 3.63) is 210 Å². The number of hydrogen-bond donors (Lipinski definition) is 0. The highest BCUT2D eigenvalue weighted by atomic mass is 19.1. The molecule has 0 unspecified atom stereocenters. The van der Waals surface area contributed by atoms with Crippen LogP contribution in [0.4, 0.5) is 8.78 Å². The van der Waals surface area contributed by atoms with Crippen LogP contribution in [0.1, 0.15) is 89.0 Å². The molecule has 0 saturated heterocycles. The summed E-state index contributed by atoms with van der Waals surface area (Å²) in [6, 6.07) is 34.6. The molecule has 6 aromatic rings. The molecule has 0 N–H and O–H groups in total. The van der Waals surface area contributed by atoms with Crippen LogP contribution in [0.3, 0.4) is 0 Å². The van der Waals surface area contributed by atoms with E-state index in [1.807, 2.05) is 102 Å². The molecule has 6 rings (SSSR count). The average molecular weight is 705 g/mol. The first-order valence-electron chi connectivity index (χ1n) is 17.8. The number of hydrogen-bond acceptors (Lipinski definition) is 0. The third-order valence-corrected chi connectivity index (χ3v) is 8.76. The van der Waals surface area contributed by atoms with E-state index in [1.165, 1.54) is 23.3 Å². The van der Waals surface area contributed by atoms with Gasteiger partial charge in [-0.3, -0.25) is 0 Å². The Morgan fingerprint density at radius 3 is 0.907 bits per heavy atom. The van der Waals surface area contributed by atoms with Crippen LogP contribution in [0.15, 0.2) is 109 Å². The van der Waals surface area contributed by atoms with Crippen LogP contribution in [0.25, 0.3) is 0 Å². The van der Waals surface area contributed by atoms with Gasteiger partial charge in [-0.05, 0) is 162 Å². The molecule has 0 aromatic heterocycles. The Kier molecular flexibility index (Phi) is 12.7. The largest absolute Gasteiger partial charge is 0.206 e. The fourth-order valence-corrected chi connectivity index (χ4v) is 5.73. The molecule has 0 fully saturated rings. The van der Waals surface area contributed by atoms with Crippen molar-refractivity contribution in [2.45, 2.75) is 55.4 Å². The Bertz CT molecular complexity index is 2360. The summed E-state index contributed by atoms with van der Waals surface area (Å²) in [6.07, 6.45) is 0. The third-order valence-electron chi connectivity index (χ3n) is 8.76. The maximum Gasteiger partial charge on any atom is 0.139 e. The summed E-state index contributed by atoms with van der Waals surface area (Å²) >= 11 is 0. The summed E-state index contributed by atoms with van der Waals surface area (Å²) in [5.74, 6) is 24.4. The van der Waals surface area contributed by atoms with E-state index in [-0.39, 0.29) is 11.6 Å². The van der Waals surface area contributed by atoms with E-state index in [0.717, 1.165) is 66.8 Å². The molecule has 6 aromatic carbocycles. The van der Waals surface area contributed by atoms with Crippen molar-refractivity contribution in [3.63, 3.8) is 0 Å². The van der Waals surface area contributed by atoms with E-state index in [0.29, 0.717) is 11.1 Å². The smallest absolute Gasteiger partial charge is 0.139 e. The summed E-state index contributed by atoms with van der Waals surface area (Å²) in [6.45, 7) is 16.0. The first-order chi connectivity index (χ1) is 25.8. The van der Waals surface area contributed by atoms with E-state index >= 15 is 0 Å². The highest BCUT2D eigenvalue weighted by Crippen LogP contribution is 2.18. The van der Waals surface area contributed by atoms with Crippen molar-refractivity contribution in [2.24, 2.45) is 0 Å². The Balaban J connectivity index is 0.000000208. The Labute approximate surface area is 320 Å². The van der Waals surface area contributed by atoms with Gasteiger partial charge in [0.15, 0.2) is 0 Å². The van der Waals surface area contributed by atoms with E-state index in [1.54, 1.807) is 12.1 Å². The Morgan fingerprint density at radius 2 is 0.593 bits per heavy atom. The first kappa shape index (κ1) is 38.6. The molecule has 264 valence electrons. The average Bonchev–Trinajstić information content (AvgIpc) is 3.12. The molecule has 0 spiro atoms. The second kappa shape index (κ2) is 17.8. The first-order valence-corrected chi connectivity index (χ1v) is 17.8. The molecule has 0 atom stereocenters. The van der Waals surface area contributed by atoms with Crippen LogP contribution in [0.2, 0.25) is 0 Å². The Morgan fingerprint density at radius 1 is 0.296 bits per heavy atom. The van der Waals surface area contributed by atoms with Gasteiger partial charge in [0, 0.05) is 33.4 Å². The second-order valence-corrected chi connectivity index (χ2v) is 13.7. The highest BCUT2D eigenvalue weighted by Gasteiger charge is 2.05. The summed E-state index contributed by atoms with van der Waals surface area (Å²) < 4.78 is 27.9. The zero-order valence-electron chi connectivity index (χ0n) is 32.1. The van der Waals surface area contributed by atoms with Crippen molar-refractivity contribution in [1.29, 1.82) is 0 Å². The van der Waals surface area contributed by atoms with Crippen LogP contribution in [-0.2, 0) is 0 Å². The fourth-order valence-electron chi connectivity index (χ4n) is 5.73. The number of aryl methyl sites for hydroxylation is 8. The molecule has 0 aliphatic rings. The molecular formula is C52H42F2. The van der Waals surface area contributed by atoms with Gasteiger partial charge in [-0.25, -0.2) is 8.78 Å². The molecule has 0 heterocycles. The molecule has 0 nitrogen and oxygen atoms in total. The van der Waals surface area contributed by atoms with Gasteiger partial charge in [-0.15, -0.1) is 0 Å². The lowest BCUT2D eigenvalue weighted by Crippen LogP contribution is -1.91. The van der Waals surface area contributed by atoms with Gasteiger partial charge in [0.25, 0.3) is 0 Å². The van der Waals surface area contributed by atoms with Crippen molar-refractivity contribution in [3.8, 4) is 47.4 Å². The molecular weight excluding hydrogens is 663 g/mol. The summed E-state index contributed by atoms with van der Waals surface area (Å²) in [4.78, 5) is 0. The van der Waals surface area contributed by atoms with E-state index < -0.39 is 0 Å². The maximum absolute atomic E-state index is 13.9. The van der Waals surface area contributed by atoms with Gasteiger partial charge in [-0.2, -0.15) is 0 Å². The maximum atomic E-state index is 13.9. The van der Waals surface area contributed by atoms with Gasteiger partial charge in [0.1, 0.15) is 11.6 Å². The van der Waals surface area contributed by atoms with E-state index in [2.05, 4.69) is 85.5 Å². The van der Waals surface area contributed by atoms with Crippen LogP contribution in [0.5, 0.6) is 0 Å². The summed E-state index contributed by atoms with van der Waals surface area (Å²) in [5, 5.41) is 0. The fraction of sp³-hybridized carbons (Fsp3) is 0.154.